The molecular formula is C15H24N2O. The number of nitrogens with zero attached hydrogens (tertiary/aromatic N) is 1. The van der Waals surface area contributed by atoms with Gasteiger partial charge in [-0.05, 0) is 44.1 Å². The van der Waals surface area contributed by atoms with Crippen LogP contribution in [0.5, 0.6) is 0 Å². The van der Waals surface area contributed by atoms with Crippen molar-refractivity contribution in [1.82, 2.24) is 5.32 Å². The number of hydrogen-bond donors (Lipinski definition) is 1. The molecule has 0 saturated carbocycles. The predicted octanol–water partition coefficient (Wildman–Crippen LogP) is 2.60. The second-order valence-electron chi connectivity index (χ2n) is 4.58. The molecule has 0 aliphatic rings. The minimum atomic E-state index is 0.175. The van der Waals surface area contributed by atoms with Gasteiger partial charge in [0.05, 0.1) is 0 Å². The largest absolute Gasteiger partial charge is 0.320 e. The smallest absolute Gasteiger partial charge is 0.226 e. The zero-order valence-corrected chi connectivity index (χ0v) is 11.7. The fourth-order valence-corrected chi connectivity index (χ4v) is 1.90. The molecule has 100 valence electrons. The van der Waals surface area contributed by atoms with Crippen LogP contribution in [0.2, 0.25) is 0 Å². The van der Waals surface area contributed by atoms with Gasteiger partial charge < -0.3 is 10.2 Å². The summed E-state index contributed by atoms with van der Waals surface area (Å²) in [5.74, 6) is 0.175. The van der Waals surface area contributed by atoms with E-state index < -0.39 is 0 Å². The van der Waals surface area contributed by atoms with Crippen LogP contribution in [0.15, 0.2) is 24.3 Å². The molecule has 3 nitrogen and oxygen atoms in total. The van der Waals surface area contributed by atoms with Crippen molar-refractivity contribution < 1.29 is 4.79 Å². The molecule has 0 aromatic heterocycles. The lowest BCUT2D eigenvalue weighted by atomic mass is 10.1. The van der Waals surface area contributed by atoms with E-state index in [4.69, 9.17) is 0 Å². The Bertz CT molecular complexity index is 359. The minimum Gasteiger partial charge on any atom is -0.320 e. The first kappa shape index (κ1) is 14.7. The summed E-state index contributed by atoms with van der Waals surface area (Å²) in [5, 5.41) is 3.05. The van der Waals surface area contributed by atoms with Gasteiger partial charge in [0.15, 0.2) is 0 Å². The summed E-state index contributed by atoms with van der Waals surface area (Å²) < 4.78 is 0. The standard InChI is InChI=1S/C15H24N2O/c1-4-6-13-8-10-14(11-9-13)17(3)15(18)7-5-12-16-2/h8-11,16H,4-7,12H2,1-3H3. The van der Waals surface area contributed by atoms with Crippen LogP contribution < -0.4 is 10.2 Å². The van der Waals surface area contributed by atoms with E-state index in [0.717, 1.165) is 31.5 Å². The molecule has 1 aromatic rings. The summed E-state index contributed by atoms with van der Waals surface area (Å²) >= 11 is 0. The molecule has 1 aromatic carbocycles. The van der Waals surface area contributed by atoms with Crippen molar-refractivity contribution in [2.45, 2.75) is 32.6 Å². The zero-order chi connectivity index (χ0) is 13.4. The normalized spacial score (nSPS) is 10.4. The highest BCUT2D eigenvalue weighted by Crippen LogP contribution is 2.16. The van der Waals surface area contributed by atoms with E-state index in [-0.39, 0.29) is 5.91 Å². The number of rotatable bonds is 7. The molecule has 0 aliphatic heterocycles. The second kappa shape index (κ2) is 7.88. The van der Waals surface area contributed by atoms with Crippen LogP contribution in [-0.2, 0) is 11.2 Å². The van der Waals surface area contributed by atoms with Gasteiger partial charge in [0.2, 0.25) is 5.91 Å². The summed E-state index contributed by atoms with van der Waals surface area (Å²) in [5.41, 5.74) is 2.31. The molecule has 0 aliphatic carbocycles. The van der Waals surface area contributed by atoms with E-state index in [1.54, 1.807) is 4.90 Å². The van der Waals surface area contributed by atoms with Crippen LogP contribution in [-0.4, -0.2) is 26.5 Å². The molecule has 1 amide bonds. The average molecular weight is 248 g/mol. The average Bonchev–Trinajstić information content (AvgIpc) is 2.39. The van der Waals surface area contributed by atoms with E-state index in [9.17, 15) is 4.79 Å². The Balaban J connectivity index is 2.54. The van der Waals surface area contributed by atoms with Crippen molar-refractivity contribution in [3.05, 3.63) is 29.8 Å². The van der Waals surface area contributed by atoms with Crippen LogP contribution in [0.4, 0.5) is 5.69 Å². The lowest BCUT2D eigenvalue weighted by molar-refractivity contribution is -0.118. The van der Waals surface area contributed by atoms with Crippen LogP contribution in [0.3, 0.4) is 0 Å². The molecule has 0 spiro atoms. The summed E-state index contributed by atoms with van der Waals surface area (Å²) in [7, 11) is 3.75. The van der Waals surface area contributed by atoms with Crippen molar-refractivity contribution in [1.29, 1.82) is 0 Å². The van der Waals surface area contributed by atoms with E-state index in [1.165, 1.54) is 5.56 Å². The van der Waals surface area contributed by atoms with Crippen molar-refractivity contribution in [3.8, 4) is 0 Å². The topological polar surface area (TPSA) is 32.3 Å². The van der Waals surface area contributed by atoms with Crippen molar-refractivity contribution in [2.24, 2.45) is 0 Å². The van der Waals surface area contributed by atoms with Gasteiger partial charge in [0.25, 0.3) is 0 Å². The molecule has 0 radical (unpaired) electrons. The van der Waals surface area contributed by atoms with Gasteiger partial charge in [0.1, 0.15) is 0 Å². The third-order valence-electron chi connectivity index (χ3n) is 3.05. The quantitative estimate of drug-likeness (QED) is 0.752. The Hall–Kier alpha value is -1.35. The molecule has 0 saturated heterocycles. The number of benzene rings is 1. The number of nitrogens with one attached hydrogen (secondary N) is 1. The fourth-order valence-electron chi connectivity index (χ4n) is 1.90. The van der Waals surface area contributed by atoms with Gasteiger partial charge in [-0.1, -0.05) is 25.5 Å². The molecule has 0 fully saturated rings. The highest BCUT2D eigenvalue weighted by atomic mass is 16.2. The van der Waals surface area contributed by atoms with Gasteiger partial charge in [-0.25, -0.2) is 0 Å². The first-order chi connectivity index (χ1) is 8.69. The first-order valence-electron chi connectivity index (χ1n) is 6.69. The van der Waals surface area contributed by atoms with Gasteiger partial charge in [-0.3, -0.25) is 4.79 Å². The third kappa shape index (κ3) is 4.49. The summed E-state index contributed by atoms with van der Waals surface area (Å²) in [6.45, 7) is 3.06. The number of amides is 1. The van der Waals surface area contributed by atoms with E-state index in [0.29, 0.717) is 6.42 Å². The SMILES string of the molecule is CCCc1ccc(N(C)C(=O)CCCNC)cc1. The maximum Gasteiger partial charge on any atom is 0.226 e. The molecule has 0 heterocycles. The molecule has 18 heavy (non-hydrogen) atoms. The number of carbonyl (C=O) groups is 1. The Labute approximate surface area is 110 Å². The Kier molecular flexibility index (Phi) is 6.44. The molecule has 0 bridgehead atoms. The number of carbonyl (C=O) groups excluding carboxylic acids is 1. The summed E-state index contributed by atoms with van der Waals surface area (Å²) in [6.07, 6.45) is 3.72. The van der Waals surface area contributed by atoms with E-state index in [2.05, 4.69) is 24.4 Å². The maximum absolute atomic E-state index is 11.9. The van der Waals surface area contributed by atoms with Gasteiger partial charge in [-0.15, -0.1) is 0 Å². The summed E-state index contributed by atoms with van der Waals surface area (Å²) in [6, 6.07) is 8.27. The van der Waals surface area contributed by atoms with Gasteiger partial charge >= 0.3 is 0 Å². The Morgan fingerprint density at radius 1 is 1.28 bits per heavy atom. The predicted molar refractivity (Wildman–Crippen MR) is 77.0 cm³/mol. The molecule has 1 N–H and O–H groups in total. The van der Waals surface area contributed by atoms with Crippen molar-refractivity contribution in [3.63, 3.8) is 0 Å². The number of anilines is 1. The fraction of sp³-hybridized carbons (Fsp3) is 0.533. The van der Waals surface area contributed by atoms with Crippen molar-refractivity contribution in [2.75, 3.05) is 25.5 Å². The number of aryl methyl sites for hydroxylation is 1. The molecule has 0 atom stereocenters. The van der Waals surface area contributed by atoms with Crippen molar-refractivity contribution >= 4 is 11.6 Å². The third-order valence-corrected chi connectivity index (χ3v) is 3.05. The second-order valence-corrected chi connectivity index (χ2v) is 4.58. The molecule has 1 rings (SSSR count). The van der Waals surface area contributed by atoms with Gasteiger partial charge in [-0.2, -0.15) is 0 Å². The molecule has 0 unspecified atom stereocenters. The summed E-state index contributed by atoms with van der Waals surface area (Å²) in [4.78, 5) is 13.7. The highest BCUT2D eigenvalue weighted by molar-refractivity contribution is 5.92. The van der Waals surface area contributed by atoms with Crippen LogP contribution >= 0.6 is 0 Å². The van der Waals surface area contributed by atoms with Gasteiger partial charge in [0, 0.05) is 19.2 Å². The zero-order valence-electron chi connectivity index (χ0n) is 11.7. The lowest BCUT2D eigenvalue weighted by Crippen LogP contribution is -2.26. The van der Waals surface area contributed by atoms with Crippen LogP contribution in [0.25, 0.3) is 0 Å². The molecular weight excluding hydrogens is 224 g/mol. The first-order valence-corrected chi connectivity index (χ1v) is 6.69. The molecule has 3 heteroatoms. The number of hydrogen-bond acceptors (Lipinski definition) is 2. The highest BCUT2D eigenvalue weighted by Gasteiger charge is 2.09. The lowest BCUT2D eigenvalue weighted by Gasteiger charge is -2.17. The Morgan fingerprint density at radius 2 is 1.94 bits per heavy atom. The van der Waals surface area contributed by atoms with Crippen LogP contribution in [0.1, 0.15) is 31.7 Å². The minimum absolute atomic E-state index is 0.175. The maximum atomic E-state index is 11.9. The van der Waals surface area contributed by atoms with E-state index in [1.807, 2.05) is 26.2 Å². The monoisotopic (exact) mass is 248 g/mol. The van der Waals surface area contributed by atoms with Crippen LogP contribution in [0, 0.1) is 0 Å². The Morgan fingerprint density at radius 3 is 2.50 bits per heavy atom. The van der Waals surface area contributed by atoms with E-state index >= 15 is 0 Å².